The summed E-state index contributed by atoms with van der Waals surface area (Å²) < 4.78 is 17.2. The number of hydrogen-bond donors (Lipinski definition) is 0. The zero-order valence-electron chi connectivity index (χ0n) is 14.6. The van der Waals surface area contributed by atoms with Gasteiger partial charge >= 0.3 is 6.09 Å². The van der Waals surface area contributed by atoms with Crippen LogP contribution in [0.3, 0.4) is 0 Å². The monoisotopic (exact) mass is 353 g/mol. The average Bonchev–Trinajstić information content (AvgIpc) is 2.80. The van der Waals surface area contributed by atoms with Crippen LogP contribution in [0.25, 0.3) is 0 Å². The van der Waals surface area contributed by atoms with Crippen LogP contribution in [0, 0.1) is 0 Å². The summed E-state index contributed by atoms with van der Waals surface area (Å²) in [5.74, 6) is 0. The van der Waals surface area contributed by atoms with Crippen LogP contribution in [-0.2, 0) is 19.8 Å². The van der Waals surface area contributed by atoms with Crippen LogP contribution in [0.1, 0.15) is 51.0 Å². The van der Waals surface area contributed by atoms with E-state index in [1.54, 1.807) is 12.0 Å². The van der Waals surface area contributed by atoms with Crippen molar-refractivity contribution in [1.82, 2.24) is 4.90 Å². The van der Waals surface area contributed by atoms with Crippen molar-refractivity contribution < 1.29 is 19.0 Å². The van der Waals surface area contributed by atoms with Gasteiger partial charge in [0.1, 0.15) is 11.2 Å². The van der Waals surface area contributed by atoms with E-state index in [4.69, 9.17) is 25.8 Å². The molecule has 5 nitrogen and oxygen atoms in total. The van der Waals surface area contributed by atoms with E-state index in [2.05, 4.69) is 0 Å². The highest BCUT2D eigenvalue weighted by Crippen LogP contribution is 2.50. The standard InChI is InChI=1S/C18H24ClNO4/c1-17(2,3)24-16(21)20-9-7-18(8-10-20)14-11-12(19)5-6-13(14)15(22-4)23-18/h5-6,11,15H,7-10H2,1-4H3. The highest BCUT2D eigenvalue weighted by molar-refractivity contribution is 6.30. The van der Waals surface area contributed by atoms with Gasteiger partial charge in [-0.2, -0.15) is 0 Å². The molecule has 0 N–H and O–H groups in total. The fraction of sp³-hybridized carbons (Fsp3) is 0.611. The summed E-state index contributed by atoms with van der Waals surface area (Å²) in [5.41, 5.74) is 1.16. The molecule has 24 heavy (non-hydrogen) atoms. The van der Waals surface area contributed by atoms with Crippen LogP contribution in [0.4, 0.5) is 4.79 Å². The van der Waals surface area contributed by atoms with Crippen molar-refractivity contribution in [2.75, 3.05) is 20.2 Å². The van der Waals surface area contributed by atoms with Crippen LogP contribution in [0.2, 0.25) is 5.02 Å². The van der Waals surface area contributed by atoms with Gasteiger partial charge in [-0.3, -0.25) is 0 Å². The molecule has 0 aliphatic carbocycles. The summed E-state index contributed by atoms with van der Waals surface area (Å²) in [6, 6.07) is 5.77. The SMILES string of the molecule is COC1OC2(CCN(C(=O)OC(C)(C)C)CC2)c2cc(Cl)ccc21. The molecule has 0 aromatic heterocycles. The van der Waals surface area contributed by atoms with Gasteiger partial charge in [0.2, 0.25) is 0 Å². The number of piperidine rings is 1. The second kappa shape index (κ2) is 6.21. The van der Waals surface area contributed by atoms with Gasteiger partial charge in [-0.1, -0.05) is 17.7 Å². The zero-order valence-corrected chi connectivity index (χ0v) is 15.4. The summed E-state index contributed by atoms with van der Waals surface area (Å²) in [6.07, 6.45) is 0.731. The van der Waals surface area contributed by atoms with E-state index in [0.29, 0.717) is 31.0 Å². The van der Waals surface area contributed by atoms with E-state index in [-0.39, 0.29) is 12.4 Å². The molecule has 0 radical (unpaired) electrons. The molecule has 0 bridgehead atoms. The minimum absolute atomic E-state index is 0.273. The summed E-state index contributed by atoms with van der Waals surface area (Å²) in [5, 5.41) is 0.683. The number of amides is 1. The molecule has 2 aliphatic rings. The molecular formula is C18H24ClNO4. The molecule has 1 atom stereocenters. The average molecular weight is 354 g/mol. The van der Waals surface area contributed by atoms with Gasteiger partial charge in [0, 0.05) is 30.8 Å². The number of hydrogen-bond acceptors (Lipinski definition) is 4. The Morgan fingerprint density at radius 2 is 2.00 bits per heavy atom. The number of benzene rings is 1. The fourth-order valence-corrected chi connectivity index (χ4v) is 3.57. The lowest BCUT2D eigenvalue weighted by molar-refractivity contribution is -0.201. The number of nitrogens with zero attached hydrogens (tertiary/aromatic N) is 1. The highest BCUT2D eigenvalue weighted by atomic mass is 35.5. The first kappa shape index (κ1) is 17.5. The van der Waals surface area contributed by atoms with Crippen molar-refractivity contribution in [1.29, 1.82) is 0 Å². The van der Waals surface area contributed by atoms with Crippen LogP contribution in [0.15, 0.2) is 18.2 Å². The Kier molecular flexibility index (Phi) is 4.53. The van der Waals surface area contributed by atoms with Gasteiger partial charge in [-0.05, 0) is 51.3 Å². The molecule has 0 saturated carbocycles. The largest absolute Gasteiger partial charge is 0.444 e. The lowest BCUT2D eigenvalue weighted by Gasteiger charge is -2.39. The van der Waals surface area contributed by atoms with E-state index < -0.39 is 11.2 Å². The van der Waals surface area contributed by atoms with E-state index in [0.717, 1.165) is 11.1 Å². The first-order chi connectivity index (χ1) is 11.2. The van der Waals surface area contributed by atoms with Crippen molar-refractivity contribution >= 4 is 17.7 Å². The number of rotatable bonds is 1. The van der Waals surface area contributed by atoms with Crippen LogP contribution >= 0.6 is 11.6 Å². The Balaban J connectivity index is 1.77. The minimum Gasteiger partial charge on any atom is -0.444 e. The Morgan fingerprint density at radius 1 is 1.33 bits per heavy atom. The third kappa shape index (κ3) is 3.25. The number of methoxy groups -OCH3 is 1. The summed E-state index contributed by atoms with van der Waals surface area (Å²) in [7, 11) is 1.64. The van der Waals surface area contributed by atoms with E-state index in [1.165, 1.54) is 0 Å². The Labute approximate surface area is 147 Å². The lowest BCUT2D eigenvalue weighted by atomic mass is 9.84. The highest BCUT2D eigenvalue weighted by Gasteiger charge is 2.48. The van der Waals surface area contributed by atoms with Crippen molar-refractivity contribution in [3.8, 4) is 0 Å². The van der Waals surface area contributed by atoms with Crippen molar-refractivity contribution in [3.63, 3.8) is 0 Å². The molecule has 2 aliphatic heterocycles. The molecule has 2 heterocycles. The molecule has 1 aromatic rings. The Morgan fingerprint density at radius 3 is 2.58 bits per heavy atom. The third-order valence-corrected chi connectivity index (χ3v) is 4.76. The summed E-state index contributed by atoms with van der Waals surface area (Å²) in [4.78, 5) is 14.0. The predicted octanol–water partition coefficient (Wildman–Crippen LogP) is 4.24. The maximum atomic E-state index is 12.3. The van der Waals surface area contributed by atoms with Gasteiger partial charge in [0.15, 0.2) is 6.29 Å². The number of likely N-dealkylation sites (tertiary alicyclic amines) is 1. The lowest BCUT2D eigenvalue weighted by Crippen LogP contribution is -2.46. The predicted molar refractivity (Wildman–Crippen MR) is 91.0 cm³/mol. The first-order valence-electron chi connectivity index (χ1n) is 8.23. The van der Waals surface area contributed by atoms with Gasteiger partial charge in [0.25, 0.3) is 0 Å². The molecule has 3 rings (SSSR count). The molecule has 1 amide bonds. The van der Waals surface area contributed by atoms with Crippen LogP contribution < -0.4 is 0 Å². The normalized spacial score (nSPS) is 22.5. The third-order valence-electron chi connectivity index (χ3n) is 4.53. The van der Waals surface area contributed by atoms with Crippen molar-refractivity contribution in [3.05, 3.63) is 34.3 Å². The number of ether oxygens (including phenoxy) is 3. The number of carbonyl (C=O) groups is 1. The Bertz CT molecular complexity index is 632. The number of fused-ring (bicyclic) bond motifs is 2. The molecule has 1 saturated heterocycles. The number of carbonyl (C=O) groups excluding carboxylic acids is 1. The second-order valence-corrected chi connectivity index (χ2v) is 7.82. The van der Waals surface area contributed by atoms with Crippen LogP contribution in [0.5, 0.6) is 0 Å². The Hall–Kier alpha value is -1.30. The molecule has 132 valence electrons. The molecular weight excluding hydrogens is 330 g/mol. The molecule has 1 aromatic carbocycles. The van der Waals surface area contributed by atoms with Gasteiger partial charge in [0.05, 0.1) is 0 Å². The number of halogens is 1. The van der Waals surface area contributed by atoms with Crippen molar-refractivity contribution in [2.24, 2.45) is 0 Å². The van der Waals surface area contributed by atoms with E-state index in [1.807, 2.05) is 39.0 Å². The smallest absolute Gasteiger partial charge is 0.410 e. The molecule has 1 fully saturated rings. The van der Waals surface area contributed by atoms with Gasteiger partial charge in [-0.15, -0.1) is 0 Å². The molecule has 1 spiro atoms. The van der Waals surface area contributed by atoms with E-state index in [9.17, 15) is 4.79 Å². The van der Waals surface area contributed by atoms with Crippen molar-refractivity contribution in [2.45, 2.75) is 51.1 Å². The topological polar surface area (TPSA) is 48.0 Å². The maximum Gasteiger partial charge on any atom is 0.410 e. The quantitative estimate of drug-likeness (QED) is 0.757. The van der Waals surface area contributed by atoms with Gasteiger partial charge in [-0.25, -0.2) is 4.79 Å². The second-order valence-electron chi connectivity index (χ2n) is 7.38. The molecule has 6 heteroatoms. The van der Waals surface area contributed by atoms with Gasteiger partial charge < -0.3 is 19.1 Å². The minimum atomic E-state index is -0.489. The summed E-state index contributed by atoms with van der Waals surface area (Å²) >= 11 is 6.19. The van der Waals surface area contributed by atoms with Crippen LogP contribution in [-0.4, -0.2) is 36.8 Å². The molecule has 1 unspecified atom stereocenters. The fourth-order valence-electron chi connectivity index (χ4n) is 3.40. The summed E-state index contributed by atoms with van der Waals surface area (Å²) in [6.45, 7) is 6.78. The maximum absolute atomic E-state index is 12.3. The van der Waals surface area contributed by atoms with E-state index >= 15 is 0 Å². The first-order valence-corrected chi connectivity index (χ1v) is 8.60. The zero-order chi connectivity index (χ0) is 17.5.